The van der Waals surface area contributed by atoms with Crippen LogP contribution >= 0.6 is 0 Å². The predicted octanol–water partition coefficient (Wildman–Crippen LogP) is 1.16. The second-order valence-corrected chi connectivity index (χ2v) is 6.63. The van der Waals surface area contributed by atoms with Gasteiger partial charge in [-0.05, 0) is 18.6 Å². The molecular weight excluding hydrogens is 336 g/mol. The number of ether oxygens (including phenoxy) is 1. The zero-order valence-electron chi connectivity index (χ0n) is 12.9. The molecule has 0 unspecified atom stereocenters. The lowest BCUT2D eigenvalue weighted by Crippen LogP contribution is -2.25. The highest BCUT2D eigenvalue weighted by molar-refractivity contribution is 7.89. The normalized spacial score (nSPS) is 11.4. The molecule has 0 radical (unpaired) electrons. The Hall–Kier alpha value is -2.52. The first-order valence-electron chi connectivity index (χ1n) is 7.04. The van der Waals surface area contributed by atoms with E-state index >= 15 is 0 Å². The molecule has 1 aromatic heterocycles. The van der Waals surface area contributed by atoms with Gasteiger partial charge in [0, 0.05) is 29.9 Å². The third-order valence-electron chi connectivity index (χ3n) is 3.29. The van der Waals surface area contributed by atoms with Crippen molar-refractivity contribution >= 4 is 32.7 Å². The predicted molar refractivity (Wildman–Crippen MR) is 85.1 cm³/mol. The molecule has 0 spiro atoms. The number of aromatic nitrogens is 1. The van der Waals surface area contributed by atoms with E-state index in [9.17, 15) is 18.0 Å². The number of nitrogens with zero attached hydrogens (tertiary/aromatic N) is 1. The van der Waals surface area contributed by atoms with Crippen LogP contribution < -0.4 is 4.72 Å². The first-order valence-corrected chi connectivity index (χ1v) is 8.52. The second-order valence-electron chi connectivity index (χ2n) is 4.90. The number of esters is 1. The molecule has 2 N–H and O–H groups in total. The quantitative estimate of drug-likeness (QED) is 0.566. The number of nitrogens with one attached hydrogen (secondary N) is 1. The van der Waals surface area contributed by atoms with Crippen LogP contribution in [0.1, 0.15) is 23.3 Å². The summed E-state index contributed by atoms with van der Waals surface area (Å²) in [6.45, 7) is -0.0000364. The summed E-state index contributed by atoms with van der Waals surface area (Å²) in [5, 5.41) is 9.27. The van der Waals surface area contributed by atoms with Gasteiger partial charge in [-0.3, -0.25) is 4.79 Å². The topological polar surface area (TPSA) is 123 Å². The molecule has 0 aliphatic rings. The number of rotatable bonds is 7. The third kappa shape index (κ3) is 3.87. The van der Waals surface area contributed by atoms with E-state index in [-0.39, 0.29) is 30.0 Å². The summed E-state index contributed by atoms with van der Waals surface area (Å²) < 4.78 is 31.9. The first kappa shape index (κ1) is 17.8. The fraction of sp³-hybridized carbons (Fsp3) is 0.267. The van der Waals surface area contributed by atoms with Crippen molar-refractivity contribution < 1.29 is 27.9 Å². The molecule has 1 aromatic carbocycles. The number of sulfonamides is 1. The third-order valence-corrected chi connectivity index (χ3v) is 4.81. The Balaban J connectivity index is 2.38. The van der Waals surface area contributed by atoms with Crippen molar-refractivity contribution in [2.24, 2.45) is 0 Å². The van der Waals surface area contributed by atoms with E-state index in [1.54, 1.807) is 6.07 Å². The van der Waals surface area contributed by atoms with E-state index in [1.165, 1.54) is 31.5 Å². The Labute approximate surface area is 138 Å². The zero-order chi connectivity index (χ0) is 17.7. The molecule has 2 rings (SSSR count). The molecule has 0 aliphatic carbocycles. The molecule has 0 saturated carbocycles. The van der Waals surface area contributed by atoms with Crippen molar-refractivity contribution in [3.63, 3.8) is 0 Å². The Morgan fingerprint density at radius 1 is 1.25 bits per heavy atom. The van der Waals surface area contributed by atoms with Gasteiger partial charge in [-0.15, -0.1) is 0 Å². The Morgan fingerprint density at radius 2 is 2.00 bits per heavy atom. The molecule has 0 bridgehead atoms. The van der Waals surface area contributed by atoms with Gasteiger partial charge in [0.25, 0.3) is 0 Å². The standard InChI is InChI=1S/C15H16N2O6S/c1-23-15(20)14-11-4-2-5-12(10(11)7-9-16-14)24(21,22)17-8-3-6-13(18)19/h2,4-5,7,9,17H,3,6,8H2,1H3,(H,18,19). The number of carbonyl (C=O) groups is 2. The average Bonchev–Trinajstić information content (AvgIpc) is 2.56. The van der Waals surface area contributed by atoms with Crippen LogP contribution in [0.25, 0.3) is 10.8 Å². The lowest BCUT2D eigenvalue weighted by Gasteiger charge is -2.10. The van der Waals surface area contributed by atoms with Gasteiger partial charge in [0.1, 0.15) is 0 Å². The maximum Gasteiger partial charge on any atom is 0.357 e. The fourth-order valence-electron chi connectivity index (χ4n) is 2.20. The minimum Gasteiger partial charge on any atom is -0.481 e. The number of pyridine rings is 1. The van der Waals surface area contributed by atoms with Gasteiger partial charge in [-0.25, -0.2) is 22.9 Å². The van der Waals surface area contributed by atoms with Gasteiger partial charge in [-0.2, -0.15) is 0 Å². The number of hydrogen-bond donors (Lipinski definition) is 2. The number of carbonyl (C=O) groups excluding carboxylic acids is 1. The molecule has 24 heavy (non-hydrogen) atoms. The van der Waals surface area contributed by atoms with Crippen molar-refractivity contribution in [3.8, 4) is 0 Å². The highest BCUT2D eigenvalue weighted by Gasteiger charge is 2.20. The summed E-state index contributed by atoms with van der Waals surface area (Å²) in [5.74, 6) is -1.65. The van der Waals surface area contributed by atoms with Crippen LogP contribution in [0.15, 0.2) is 35.4 Å². The van der Waals surface area contributed by atoms with Gasteiger partial charge in [0.2, 0.25) is 10.0 Å². The second kappa shape index (κ2) is 7.37. The summed E-state index contributed by atoms with van der Waals surface area (Å²) >= 11 is 0. The van der Waals surface area contributed by atoms with Crippen molar-refractivity contribution in [1.82, 2.24) is 9.71 Å². The molecule has 9 heteroatoms. The summed E-state index contributed by atoms with van der Waals surface area (Å²) in [6, 6.07) is 5.98. The van der Waals surface area contributed by atoms with Crippen LogP contribution in [-0.2, 0) is 19.6 Å². The minimum atomic E-state index is -3.86. The van der Waals surface area contributed by atoms with Crippen LogP contribution in [-0.4, -0.2) is 44.1 Å². The van der Waals surface area contributed by atoms with Crippen molar-refractivity contribution in [2.75, 3.05) is 13.7 Å². The molecule has 1 heterocycles. The highest BCUT2D eigenvalue weighted by Crippen LogP contribution is 2.25. The molecule has 0 saturated heterocycles. The van der Waals surface area contributed by atoms with Gasteiger partial charge < -0.3 is 9.84 Å². The number of benzene rings is 1. The van der Waals surface area contributed by atoms with E-state index in [2.05, 4.69) is 14.4 Å². The van der Waals surface area contributed by atoms with Crippen LogP contribution in [0.4, 0.5) is 0 Å². The Morgan fingerprint density at radius 3 is 2.67 bits per heavy atom. The summed E-state index contributed by atoms with van der Waals surface area (Å²) in [4.78, 5) is 26.2. The fourth-order valence-corrected chi connectivity index (χ4v) is 3.49. The monoisotopic (exact) mass is 352 g/mol. The van der Waals surface area contributed by atoms with Crippen LogP contribution in [0, 0.1) is 0 Å². The molecule has 0 fully saturated rings. The van der Waals surface area contributed by atoms with Gasteiger partial charge in [0.15, 0.2) is 5.69 Å². The maximum absolute atomic E-state index is 12.4. The summed E-state index contributed by atoms with van der Waals surface area (Å²) in [6.07, 6.45) is 1.38. The molecular formula is C15H16N2O6S. The van der Waals surface area contributed by atoms with E-state index in [4.69, 9.17) is 5.11 Å². The number of methoxy groups -OCH3 is 1. The van der Waals surface area contributed by atoms with Crippen molar-refractivity contribution in [1.29, 1.82) is 0 Å². The van der Waals surface area contributed by atoms with E-state index < -0.39 is 22.0 Å². The molecule has 0 atom stereocenters. The van der Waals surface area contributed by atoms with Gasteiger partial charge >= 0.3 is 11.9 Å². The first-order chi connectivity index (χ1) is 11.4. The minimum absolute atomic E-state index is 0.0000364. The smallest absolute Gasteiger partial charge is 0.357 e. The Kier molecular flexibility index (Phi) is 5.47. The number of aliphatic carboxylic acids is 1. The largest absolute Gasteiger partial charge is 0.481 e. The van der Waals surface area contributed by atoms with E-state index in [0.717, 1.165) is 0 Å². The molecule has 2 aromatic rings. The average molecular weight is 352 g/mol. The number of fused-ring (bicyclic) bond motifs is 1. The number of carboxylic acid groups (broad SMARTS) is 1. The zero-order valence-corrected chi connectivity index (χ0v) is 13.7. The van der Waals surface area contributed by atoms with Crippen molar-refractivity contribution in [3.05, 3.63) is 36.2 Å². The highest BCUT2D eigenvalue weighted by atomic mass is 32.2. The number of carboxylic acids is 1. The van der Waals surface area contributed by atoms with Gasteiger partial charge in [0.05, 0.1) is 12.0 Å². The lowest BCUT2D eigenvalue weighted by molar-refractivity contribution is -0.137. The van der Waals surface area contributed by atoms with E-state index in [1.807, 2.05) is 0 Å². The summed E-state index contributed by atoms with van der Waals surface area (Å²) in [5.41, 5.74) is 0.0259. The van der Waals surface area contributed by atoms with Crippen LogP contribution in [0.3, 0.4) is 0 Å². The number of hydrogen-bond acceptors (Lipinski definition) is 6. The maximum atomic E-state index is 12.4. The molecule has 0 amide bonds. The van der Waals surface area contributed by atoms with Gasteiger partial charge in [-0.1, -0.05) is 12.1 Å². The lowest BCUT2D eigenvalue weighted by atomic mass is 10.1. The SMILES string of the molecule is COC(=O)c1nccc2c(S(=O)(=O)NCCCC(=O)O)cccc12. The summed E-state index contributed by atoms with van der Waals surface area (Å²) in [7, 11) is -2.64. The van der Waals surface area contributed by atoms with Crippen molar-refractivity contribution in [2.45, 2.75) is 17.7 Å². The molecule has 8 nitrogen and oxygen atoms in total. The molecule has 128 valence electrons. The van der Waals surface area contributed by atoms with E-state index in [0.29, 0.717) is 10.8 Å². The van der Waals surface area contributed by atoms with Crippen LogP contribution in [0.2, 0.25) is 0 Å². The Bertz CT molecular complexity index is 879. The van der Waals surface area contributed by atoms with Crippen LogP contribution in [0.5, 0.6) is 0 Å². The molecule has 0 aliphatic heterocycles.